The van der Waals surface area contributed by atoms with E-state index in [0.29, 0.717) is 5.69 Å². The van der Waals surface area contributed by atoms with Crippen LogP contribution in [0.25, 0.3) is 10.9 Å². The van der Waals surface area contributed by atoms with Gasteiger partial charge >= 0.3 is 5.97 Å². The summed E-state index contributed by atoms with van der Waals surface area (Å²) in [6, 6.07) is 8.92. The van der Waals surface area contributed by atoms with Crippen LogP contribution in [-0.2, 0) is 24.2 Å². The number of hydrogen-bond donors (Lipinski definition) is 1. The minimum absolute atomic E-state index is 0.0683. The second-order valence-corrected chi connectivity index (χ2v) is 7.64. The van der Waals surface area contributed by atoms with E-state index in [1.807, 2.05) is 12.1 Å². The molecule has 0 aliphatic carbocycles. The van der Waals surface area contributed by atoms with Gasteiger partial charge in [-0.2, -0.15) is 0 Å². The van der Waals surface area contributed by atoms with Crippen molar-refractivity contribution in [1.29, 1.82) is 0 Å². The number of amides is 1. The van der Waals surface area contributed by atoms with Crippen molar-refractivity contribution in [3.8, 4) is 0 Å². The quantitative estimate of drug-likeness (QED) is 0.814. The fourth-order valence-corrected chi connectivity index (χ4v) is 3.98. The number of hydrogen-bond acceptors (Lipinski definition) is 6. The minimum atomic E-state index is -3.21. The standard InChI is InChI=1S/C17H16N2O5S/c20-16(10-24-17(21)9-12-6-8-25(22,23)11-12)19-15-5-1-4-14-13(15)3-2-7-18-14/h1-8,12H,9-11H2,(H,19,20). The maximum absolute atomic E-state index is 12.0. The van der Waals surface area contributed by atoms with Gasteiger partial charge in [-0.1, -0.05) is 12.1 Å². The number of aromatic nitrogens is 1. The highest BCUT2D eigenvalue weighted by atomic mass is 32.2. The molecule has 1 aliphatic rings. The number of fused-ring (bicyclic) bond motifs is 1. The van der Waals surface area contributed by atoms with Gasteiger partial charge in [-0.3, -0.25) is 14.6 Å². The predicted molar refractivity (Wildman–Crippen MR) is 92.4 cm³/mol. The molecule has 3 rings (SSSR count). The van der Waals surface area contributed by atoms with E-state index in [1.165, 1.54) is 6.08 Å². The highest BCUT2D eigenvalue weighted by Crippen LogP contribution is 2.21. The van der Waals surface area contributed by atoms with Crippen molar-refractivity contribution in [2.45, 2.75) is 6.42 Å². The molecule has 2 heterocycles. The zero-order valence-corrected chi connectivity index (χ0v) is 14.0. The molecule has 0 spiro atoms. The Balaban J connectivity index is 1.53. The number of esters is 1. The van der Waals surface area contributed by atoms with Crippen LogP contribution in [0.3, 0.4) is 0 Å². The molecule has 0 bridgehead atoms. The van der Waals surface area contributed by atoms with E-state index in [9.17, 15) is 18.0 Å². The Bertz CT molecular complexity index is 947. The largest absolute Gasteiger partial charge is 0.456 e. The maximum Gasteiger partial charge on any atom is 0.306 e. The Labute approximate surface area is 144 Å². The van der Waals surface area contributed by atoms with Gasteiger partial charge in [-0.25, -0.2) is 8.42 Å². The average molecular weight is 360 g/mol. The molecule has 2 aromatic rings. The third-order valence-corrected chi connectivity index (χ3v) is 5.18. The van der Waals surface area contributed by atoms with Crippen molar-refractivity contribution in [2.75, 3.05) is 17.7 Å². The van der Waals surface area contributed by atoms with Crippen LogP contribution in [0.1, 0.15) is 6.42 Å². The van der Waals surface area contributed by atoms with E-state index in [-0.39, 0.29) is 12.2 Å². The van der Waals surface area contributed by atoms with Crippen molar-refractivity contribution in [3.63, 3.8) is 0 Å². The highest BCUT2D eigenvalue weighted by molar-refractivity contribution is 7.94. The summed E-state index contributed by atoms with van der Waals surface area (Å²) in [5.41, 5.74) is 1.32. The molecule has 1 aromatic carbocycles. The van der Waals surface area contributed by atoms with Crippen LogP contribution in [0.5, 0.6) is 0 Å². The van der Waals surface area contributed by atoms with E-state index in [0.717, 1.165) is 16.3 Å². The lowest BCUT2D eigenvalue weighted by Gasteiger charge is -2.10. The number of sulfone groups is 1. The van der Waals surface area contributed by atoms with Gasteiger partial charge < -0.3 is 10.1 Å². The lowest BCUT2D eigenvalue weighted by atomic mass is 10.1. The van der Waals surface area contributed by atoms with E-state index >= 15 is 0 Å². The zero-order valence-electron chi connectivity index (χ0n) is 13.2. The van der Waals surface area contributed by atoms with Crippen LogP contribution in [0.4, 0.5) is 5.69 Å². The first-order valence-electron chi connectivity index (χ1n) is 7.63. The molecule has 8 heteroatoms. The molecule has 1 amide bonds. The van der Waals surface area contributed by atoms with Crippen LogP contribution in [0, 0.1) is 5.92 Å². The van der Waals surface area contributed by atoms with Gasteiger partial charge in [0, 0.05) is 22.9 Å². The molecule has 0 saturated carbocycles. The van der Waals surface area contributed by atoms with Gasteiger partial charge in [0.15, 0.2) is 16.4 Å². The smallest absolute Gasteiger partial charge is 0.306 e. The summed E-state index contributed by atoms with van der Waals surface area (Å²) < 4.78 is 27.5. The van der Waals surface area contributed by atoms with Crippen molar-refractivity contribution < 1.29 is 22.7 Å². The second kappa shape index (κ2) is 7.02. The number of carbonyl (C=O) groups is 2. The number of anilines is 1. The predicted octanol–water partition coefficient (Wildman–Crippen LogP) is 1.66. The van der Waals surface area contributed by atoms with Crippen molar-refractivity contribution in [2.24, 2.45) is 5.92 Å². The Morgan fingerprint density at radius 3 is 2.84 bits per heavy atom. The number of allylic oxidation sites excluding steroid dienone is 1. The molecule has 0 saturated heterocycles. The SMILES string of the molecule is O=C(COC(=O)CC1C=CS(=O)(=O)C1)Nc1cccc2ncccc12. The topological polar surface area (TPSA) is 102 Å². The first kappa shape index (κ1) is 17.1. The molecule has 0 fully saturated rings. The highest BCUT2D eigenvalue weighted by Gasteiger charge is 2.24. The number of benzene rings is 1. The van der Waals surface area contributed by atoms with Crippen molar-refractivity contribution in [1.82, 2.24) is 4.98 Å². The summed E-state index contributed by atoms with van der Waals surface area (Å²) in [5, 5.41) is 4.57. The third kappa shape index (κ3) is 4.42. The molecule has 0 radical (unpaired) electrons. The molecule has 1 aliphatic heterocycles. The van der Waals surface area contributed by atoms with Gasteiger partial charge in [0.25, 0.3) is 5.91 Å². The molecule has 130 valence electrons. The summed E-state index contributed by atoms with van der Waals surface area (Å²) in [6.07, 6.45) is 3.06. The summed E-state index contributed by atoms with van der Waals surface area (Å²) in [4.78, 5) is 27.9. The summed E-state index contributed by atoms with van der Waals surface area (Å²) in [6.45, 7) is -0.432. The molecule has 1 unspecified atom stereocenters. The Hall–Kier alpha value is -2.74. The van der Waals surface area contributed by atoms with Crippen LogP contribution in [0.15, 0.2) is 48.0 Å². The van der Waals surface area contributed by atoms with E-state index in [1.54, 1.807) is 24.4 Å². The van der Waals surface area contributed by atoms with Gasteiger partial charge in [0.05, 0.1) is 23.4 Å². The fourth-order valence-electron chi connectivity index (χ4n) is 2.58. The van der Waals surface area contributed by atoms with E-state index < -0.39 is 34.2 Å². The monoisotopic (exact) mass is 360 g/mol. The number of ether oxygens (including phenoxy) is 1. The summed E-state index contributed by atoms with van der Waals surface area (Å²) in [5.74, 6) is -1.58. The normalized spacial score (nSPS) is 18.2. The first-order chi connectivity index (χ1) is 11.9. The molecular weight excluding hydrogens is 344 g/mol. The Morgan fingerprint density at radius 2 is 2.08 bits per heavy atom. The van der Waals surface area contributed by atoms with Gasteiger partial charge in [0.2, 0.25) is 0 Å². The third-order valence-electron chi connectivity index (χ3n) is 3.72. The van der Waals surface area contributed by atoms with Gasteiger partial charge in [-0.05, 0) is 24.3 Å². The van der Waals surface area contributed by atoms with Gasteiger partial charge in [0.1, 0.15) is 0 Å². The number of pyridine rings is 1. The van der Waals surface area contributed by atoms with E-state index in [4.69, 9.17) is 4.74 Å². The lowest BCUT2D eigenvalue weighted by molar-refractivity contribution is -0.147. The average Bonchev–Trinajstić information content (AvgIpc) is 2.92. The van der Waals surface area contributed by atoms with Crippen molar-refractivity contribution >= 4 is 38.3 Å². The van der Waals surface area contributed by atoms with Crippen molar-refractivity contribution in [3.05, 3.63) is 48.0 Å². The zero-order chi connectivity index (χ0) is 17.9. The summed E-state index contributed by atoms with van der Waals surface area (Å²) >= 11 is 0. The molecule has 1 aromatic heterocycles. The number of rotatable bonds is 5. The molecule has 25 heavy (non-hydrogen) atoms. The Kier molecular flexibility index (Phi) is 4.80. The molecule has 1 atom stereocenters. The Morgan fingerprint density at radius 1 is 1.24 bits per heavy atom. The summed E-state index contributed by atoms with van der Waals surface area (Å²) in [7, 11) is -3.21. The number of carbonyl (C=O) groups excluding carboxylic acids is 2. The van der Waals surface area contributed by atoms with E-state index in [2.05, 4.69) is 10.3 Å². The minimum Gasteiger partial charge on any atom is -0.456 e. The lowest BCUT2D eigenvalue weighted by Crippen LogP contribution is -2.22. The number of nitrogens with zero attached hydrogens (tertiary/aromatic N) is 1. The van der Waals surface area contributed by atoms with Gasteiger partial charge in [-0.15, -0.1) is 0 Å². The molecule has 7 nitrogen and oxygen atoms in total. The molecule has 1 N–H and O–H groups in total. The maximum atomic E-state index is 12.0. The second-order valence-electron chi connectivity index (χ2n) is 5.71. The fraction of sp³-hybridized carbons (Fsp3) is 0.235. The van der Waals surface area contributed by atoms with Crippen LogP contribution < -0.4 is 5.32 Å². The van der Waals surface area contributed by atoms with Crippen LogP contribution in [0.2, 0.25) is 0 Å². The van der Waals surface area contributed by atoms with Crippen LogP contribution >= 0.6 is 0 Å². The number of nitrogens with one attached hydrogen (secondary N) is 1. The first-order valence-corrected chi connectivity index (χ1v) is 9.35. The molecular formula is C17H16N2O5S. The van der Waals surface area contributed by atoms with Crippen LogP contribution in [-0.4, -0.2) is 37.6 Å².